The zero-order valence-corrected chi connectivity index (χ0v) is 13.2. The second kappa shape index (κ2) is 5.77. The molecule has 0 saturated carbocycles. The predicted molar refractivity (Wildman–Crippen MR) is 82.7 cm³/mol. The number of hydrogen-bond donors (Lipinski definition) is 1. The van der Waals surface area contributed by atoms with Gasteiger partial charge in [-0.15, -0.1) is 0 Å². The molecule has 1 atom stereocenters. The van der Waals surface area contributed by atoms with E-state index in [0.717, 1.165) is 18.2 Å². The second-order valence-corrected chi connectivity index (χ2v) is 6.01. The van der Waals surface area contributed by atoms with Gasteiger partial charge >= 0.3 is 0 Å². The normalized spacial score (nSPS) is 16.9. The van der Waals surface area contributed by atoms with Crippen LogP contribution in [0, 0.1) is 11.6 Å². The number of nitrogens with zero attached hydrogens (tertiary/aromatic N) is 2. The van der Waals surface area contributed by atoms with Gasteiger partial charge in [-0.25, -0.2) is 8.78 Å². The molecule has 120 valence electrons. The molecule has 0 saturated heterocycles. The van der Waals surface area contributed by atoms with Gasteiger partial charge in [0.1, 0.15) is 17.5 Å². The fourth-order valence-electron chi connectivity index (χ4n) is 2.78. The van der Waals surface area contributed by atoms with Crippen LogP contribution in [-0.2, 0) is 11.8 Å². The first kappa shape index (κ1) is 15.7. The molecular formula is C15H13F2N3O2S. The topological polar surface area (TPSA) is 64.0 Å². The number of nitrogens with one attached hydrogen (secondary N) is 1. The lowest BCUT2D eigenvalue weighted by atomic mass is 9.86. The number of anilines is 1. The van der Waals surface area contributed by atoms with E-state index in [1.54, 1.807) is 17.9 Å². The maximum Gasteiger partial charge on any atom is 0.279 e. The summed E-state index contributed by atoms with van der Waals surface area (Å²) in [5.74, 6) is -2.23. The average Bonchev–Trinajstić information content (AvgIpc) is 2.49. The summed E-state index contributed by atoms with van der Waals surface area (Å²) in [7, 11) is 1.67. The SMILES string of the molecule is CSc1nc(=O)c2c(n1C)NC(=O)C[C@H]2c1cc(F)cc(F)c1. The summed E-state index contributed by atoms with van der Waals surface area (Å²) in [5, 5.41) is 3.10. The van der Waals surface area contributed by atoms with Crippen LogP contribution in [0.4, 0.5) is 14.6 Å². The van der Waals surface area contributed by atoms with Crippen LogP contribution in [0.2, 0.25) is 0 Å². The van der Waals surface area contributed by atoms with E-state index >= 15 is 0 Å². The molecule has 1 amide bonds. The highest BCUT2D eigenvalue weighted by Crippen LogP contribution is 2.35. The Balaban J connectivity index is 2.25. The molecule has 2 aromatic rings. The van der Waals surface area contributed by atoms with E-state index in [0.29, 0.717) is 11.0 Å². The van der Waals surface area contributed by atoms with Crippen LogP contribution in [0.3, 0.4) is 0 Å². The zero-order valence-electron chi connectivity index (χ0n) is 12.4. The Morgan fingerprint density at radius 1 is 1.26 bits per heavy atom. The van der Waals surface area contributed by atoms with Crippen LogP contribution in [0.1, 0.15) is 23.5 Å². The number of halogens is 2. The fourth-order valence-corrected chi connectivity index (χ4v) is 3.32. The van der Waals surface area contributed by atoms with E-state index in [2.05, 4.69) is 10.3 Å². The molecule has 1 aromatic heterocycles. The van der Waals surface area contributed by atoms with E-state index < -0.39 is 23.1 Å². The number of hydrogen-bond acceptors (Lipinski definition) is 4. The highest BCUT2D eigenvalue weighted by atomic mass is 32.2. The fraction of sp³-hybridized carbons (Fsp3) is 0.267. The highest BCUT2D eigenvalue weighted by Gasteiger charge is 2.32. The van der Waals surface area contributed by atoms with Crippen LogP contribution >= 0.6 is 11.8 Å². The van der Waals surface area contributed by atoms with E-state index in [-0.39, 0.29) is 23.5 Å². The van der Waals surface area contributed by atoms with Gasteiger partial charge in [-0.05, 0) is 24.0 Å². The van der Waals surface area contributed by atoms with Gasteiger partial charge in [0.15, 0.2) is 5.16 Å². The van der Waals surface area contributed by atoms with Crippen molar-refractivity contribution in [2.75, 3.05) is 11.6 Å². The Labute approximate surface area is 134 Å². The summed E-state index contributed by atoms with van der Waals surface area (Å²) in [6, 6.07) is 3.02. The molecule has 3 rings (SSSR count). The van der Waals surface area contributed by atoms with E-state index in [9.17, 15) is 18.4 Å². The maximum atomic E-state index is 13.5. The van der Waals surface area contributed by atoms with E-state index in [4.69, 9.17) is 0 Å². The number of carbonyl (C=O) groups is 1. The second-order valence-electron chi connectivity index (χ2n) is 5.23. The number of carbonyl (C=O) groups excluding carboxylic acids is 1. The van der Waals surface area contributed by atoms with Crippen molar-refractivity contribution in [3.05, 3.63) is 51.3 Å². The first-order valence-corrected chi connectivity index (χ1v) is 8.04. The van der Waals surface area contributed by atoms with Crippen molar-refractivity contribution < 1.29 is 13.6 Å². The van der Waals surface area contributed by atoms with Crippen molar-refractivity contribution in [3.8, 4) is 0 Å². The lowest BCUT2D eigenvalue weighted by Gasteiger charge is -2.27. The Morgan fingerprint density at radius 3 is 2.52 bits per heavy atom. The average molecular weight is 337 g/mol. The number of amides is 1. The summed E-state index contributed by atoms with van der Waals surface area (Å²) in [4.78, 5) is 28.4. The number of thioether (sulfide) groups is 1. The molecule has 0 bridgehead atoms. The summed E-state index contributed by atoms with van der Waals surface area (Å²) < 4.78 is 28.6. The maximum absolute atomic E-state index is 13.5. The minimum absolute atomic E-state index is 0.0641. The quantitative estimate of drug-likeness (QED) is 0.674. The summed E-state index contributed by atoms with van der Waals surface area (Å²) in [5.41, 5.74) is -0.0126. The van der Waals surface area contributed by atoms with E-state index in [1.807, 2.05) is 0 Å². The first-order chi connectivity index (χ1) is 10.9. The predicted octanol–water partition coefficient (Wildman–Crippen LogP) is 2.25. The van der Waals surface area contributed by atoms with Crippen molar-refractivity contribution in [2.24, 2.45) is 7.05 Å². The lowest BCUT2D eigenvalue weighted by molar-refractivity contribution is -0.116. The van der Waals surface area contributed by atoms with E-state index in [1.165, 1.54) is 11.8 Å². The molecular weight excluding hydrogens is 324 g/mol. The van der Waals surface area contributed by atoms with Gasteiger partial charge < -0.3 is 9.88 Å². The first-order valence-electron chi connectivity index (χ1n) is 6.81. The number of aromatic nitrogens is 2. The monoisotopic (exact) mass is 337 g/mol. The molecule has 0 aliphatic carbocycles. The molecule has 1 aliphatic heterocycles. The largest absolute Gasteiger partial charge is 0.312 e. The Morgan fingerprint density at radius 2 is 1.91 bits per heavy atom. The van der Waals surface area contributed by atoms with Gasteiger partial charge in [0.05, 0.1) is 5.56 Å². The summed E-state index contributed by atoms with van der Waals surface area (Å²) >= 11 is 1.27. The van der Waals surface area contributed by atoms with Gasteiger partial charge in [0.25, 0.3) is 5.56 Å². The van der Waals surface area contributed by atoms with Crippen molar-refractivity contribution >= 4 is 23.5 Å². The van der Waals surface area contributed by atoms with Crippen molar-refractivity contribution in [1.82, 2.24) is 9.55 Å². The van der Waals surface area contributed by atoms with Crippen LogP contribution in [0.25, 0.3) is 0 Å². The molecule has 0 spiro atoms. The third-order valence-electron chi connectivity index (χ3n) is 3.77. The Hall–Kier alpha value is -2.22. The summed E-state index contributed by atoms with van der Waals surface area (Å²) in [6.45, 7) is 0. The molecule has 1 aliphatic rings. The third-order valence-corrected chi connectivity index (χ3v) is 4.50. The van der Waals surface area contributed by atoms with Crippen LogP contribution in [0.15, 0.2) is 28.2 Å². The molecule has 0 radical (unpaired) electrons. The highest BCUT2D eigenvalue weighted by molar-refractivity contribution is 7.98. The zero-order chi connectivity index (χ0) is 16.7. The van der Waals surface area contributed by atoms with Gasteiger partial charge in [-0.3, -0.25) is 9.59 Å². The van der Waals surface area contributed by atoms with Gasteiger partial charge in [0.2, 0.25) is 5.91 Å². The molecule has 1 N–H and O–H groups in total. The molecule has 8 heteroatoms. The standard InChI is InChI=1S/C15H13F2N3O2S/c1-20-13-12(14(22)19-15(20)23-2)10(6-11(21)18-13)7-3-8(16)5-9(17)4-7/h3-5,10H,6H2,1-2H3,(H,18,21)/t10-/m0/s1. The van der Waals surface area contributed by atoms with Gasteiger partial charge in [0, 0.05) is 25.5 Å². The van der Waals surface area contributed by atoms with Gasteiger partial charge in [-0.2, -0.15) is 4.98 Å². The smallest absolute Gasteiger partial charge is 0.279 e. The number of benzene rings is 1. The third kappa shape index (κ3) is 2.74. The molecule has 0 unspecified atom stereocenters. The number of fused-ring (bicyclic) bond motifs is 1. The summed E-state index contributed by atoms with van der Waals surface area (Å²) in [6.07, 6.45) is 1.70. The molecule has 1 aromatic carbocycles. The van der Waals surface area contributed by atoms with Crippen molar-refractivity contribution in [1.29, 1.82) is 0 Å². The van der Waals surface area contributed by atoms with Crippen molar-refractivity contribution in [3.63, 3.8) is 0 Å². The molecule has 23 heavy (non-hydrogen) atoms. The molecule has 2 heterocycles. The van der Waals surface area contributed by atoms with Crippen LogP contribution < -0.4 is 10.9 Å². The van der Waals surface area contributed by atoms with Crippen molar-refractivity contribution in [2.45, 2.75) is 17.5 Å². The lowest BCUT2D eigenvalue weighted by Crippen LogP contribution is -2.33. The van der Waals surface area contributed by atoms with Crippen LogP contribution in [0.5, 0.6) is 0 Å². The molecule has 5 nitrogen and oxygen atoms in total. The minimum Gasteiger partial charge on any atom is -0.312 e. The Bertz CT molecular complexity index is 846. The Kier molecular flexibility index (Phi) is 3.93. The van der Waals surface area contributed by atoms with Crippen LogP contribution in [-0.4, -0.2) is 21.7 Å². The molecule has 0 fully saturated rings. The minimum atomic E-state index is -0.752. The number of rotatable bonds is 2. The van der Waals surface area contributed by atoms with Gasteiger partial charge in [-0.1, -0.05) is 11.8 Å².